The van der Waals surface area contributed by atoms with Crippen molar-refractivity contribution in [2.24, 2.45) is 0 Å². The number of ether oxygens (including phenoxy) is 2. The quantitative estimate of drug-likeness (QED) is 0.519. The molecule has 2 fully saturated rings. The van der Waals surface area contributed by atoms with E-state index in [4.69, 9.17) is 14.6 Å². The number of aliphatic carboxylic acids is 1. The smallest absolute Gasteiger partial charge is 0.329 e. The van der Waals surface area contributed by atoms with Crippen LogP contribution in [-0.2, 0) is 23.9 Å². The molecule has 0 aromatic heterocycles. The van der Waals surface area contributed by atoms with Crippen molar-refractivity contribution in [3.63, 3.8) is 0 Å². The highest BCUT2D eigenvalue weighted by Crippen LogP contribution is 2.14. The van der Waals surface area contributed by atoms with E-state index in [1.165, 1.54) is 0 Å². The van der Waals surface area contributed by atoms with Gasteiger partial charge in [0.15, 0.2) is 0 Å². The van der Waals surface area contributed by atoms with Crippen LogP contribution in [0, 0.1) is 0 Å². The highest BCUT2D eigenvalue weighted by atomic mass is 16.5. The fourth-order valence-corrected chi connectivity index (χ4v) is 3.21. The molecule has 0 saturated carbocycles. The second-order valence-corrected chi connectivity index (χ2v) is 6.78. The van der Waals surface area contributed by atoms with Crippen LogP contribution in [0.15, 0.2) is 0 Å². The summed E-state index contributed by atoms with van der Waals surface area (Å²) in [7, 11) is 0. The van der Waals surface area contributed by atoms with E-state index in [2.05, 4.69) is 10.6 Å². The molecule has 3 N–H and O–H groups in total. The molecule has 2 heterocycles. The SMILES string of the molecule is C[C@H](NC(=O)COC1CCNCC1)C(=O)N1CCC(OCC(=O)O)CC1. The van der Waals surface area contributed by atoms with Gasteiger partial charge in [-0.15, -0.1) is 0 Å². The molecule has 9 nitrogen and oxygen atoms in total. The van der Waals surface area contributed by atoms with Gasteiger partial charge >= 0.3 is 5.97 Å². The van der Waals surface area contributed by atoms with Gasteiger partial charge in [0.2, 0.25) is 11.8 Å². The summed E-state index contributed by atoms with van der Waals surface area (Å²) in [5, 5.41) is 14.5. The molecule has 0 bridgehead atoms. The first kappa shape index (κ1) is 20.6. The Morgan fingerprint density at radius 2 is 1.65 bits per heavy atom. The highest BCUT2D eigenvalue weighted by molar-refractivity contribution is 5.87. The maximum Gasteiger partial charge on any atom is 0.329 e. The van der Waals surface area contributed by atoms with Crippen molar-refractivity contribution in [3.05, 3.63) is 0 Å². The Hall–Kier alpha value is -1.71. The largest absolute Gasteiger partial charge is 0.480 e. The topological polar surface area (TPSA) is 117 Å². The summed E-state index contributed by atoms with van der Waals surface area (Å²) in [6.45, 7) is 4.09. The molecule has 2 aliphatic rings. The lowest BCUT2D eigenvalue weighted by Gasteiger charge is -2.33. The number of carbonyl (C=O) groups excluding carboxylic acids is 2. The Bertz CT molecular complexity index is 487. The van der Waals surface area contributed by atoms with E-state index in [-0.39, 0.29) is 37.2 Å². The van der Waals surface area contributed by atoms with Gasteiger partial charge in [-0.1, -0.05) is 0 Å². The Morgan fingerprint density at radius 1 is 1.08 bits per heavy atom. The number of likely N-dealkylation sites (tertiary alicyclic amines) is 1. The molecular weight excluding hydrogens is 342 g/mol. The lowest BCUT2D eigenvalue weighted by atomic mass is 10.1. The number of nitrogens with one attached hydrogen (secondary N) is 2. The van der Waals surface area contributed by atoms with Crippen LogP contribution in [0.3, 0.4) is 0 Å². The standard InChI is InChI=1S/C17H29N3O6/c1-12(19-15(21)10-25-13-2-6-18-7-3-13)17(24)20-8-4-14(5-9-20)26-11-16(22)23/h12-14,18H,2-11H2,1H3,(H,19,21)(H,22,23)/t12-/m0/s1. The fourth-order valence-electron chi connectivity index (χ4n) is 3.21. The third kappa shape index (κ3) is 6.89. The average molecular weight is 371 g/mol. The molecule has 0 unspecified atom stereocenters. The molecule has 9 heteroatoms. The molecule has 2 saturated heterocycles. The fraction of sp³-hybridized carbons (Fsp3) is 0.824. The zero-order chi connectivity index (χ0) is 18.9. The van der Waals surface area contributed by atoms with Gasteiger partial charge in [-0.05, 0) is 45.7 Å². The van der Waals surface area contributed by atoms with Gasteiger partial charge in [0.05, 0.1) is 12.2 Å². The number of carboxylic acids is 1. The predicted molar refractivity (Wildman–Crippen MR) is 92.6 cm³/mol. The number of carboxylic acid groups (broad SMARTS) is 1. The summed E-state index contributed by atoms with van der Waals surface area (Å²) in [4.78, 5) is 36.6. The number of piperidine rings is 2. The van der Waals surface area contributed by atoms with E-state index in [0.29, 0.717) is 25.9 Å². The summed E-state index contributed by atoms with van der Waals surface area (Å²) in [5.41, 5.74) is 0. The van der Waals surface area contributed by atoms with E-state index in [1.54, 1.807) is 11.8 Å². The molecule has 1 atom stereocenters. The van der Waals surface area contributed by atoms with Crippen molar-refractivity contribution in [1.29, 1.82) is 0 Å². The summed E-state index contributed by atoms with van der Waals surface area (Å²) in [6.07, 6.45) is 2.93. The van der Waals surface area contributed by atoms with Crippen LogP contribution in [0.1, 0.15) is 32.6 Å². The van der Waals surface area contributed by atoms with Crippen LogP contribution in [0.25, 0.3) is 0 Å². The second kappa shape index (κ2) is 10.4. The van der Waals surface area contributed by atoms with Crippen molar-refractivity contribution in [2.75, 3.05) is 39.4 Å². The van der Waals surface area contributed by atoms with E-state index in [0.717, 1.165) is 25.9 Å². The maximum atomic E-state index is 12.4. The second-order valence-electron chi connectivity index (χ2n) is 6.78. The molecule has 2 amide bonds. The third-order valence-electron chi connectivity index (χ3n) is 4.68. The molecule has 26 heavy (non-hydrogen) atoms. The van der Waals surface area contributed by atoms with Gasteiger partial charge in [-0.25, -0.2) is 4.79 Å². The summed E-state index contributed by atoms with van der Waals surface area (Å²) >= 11 is 0. The first-order chi connectivity index (χ1) is 12.5. The Morgan fingerprint density at radius 3 is 2.27 bits per heavy atom. The minimum absolute atomic E-state index is 0.0343. The zero-order valence-corrected chi connectivity index (χ0v) is 15.2. The molecule has 0 radical (unpaired) electrons. The van der Waals surface area contributed by atoms with Gasteiger partial charge in [0.25, 0.3) is 0 Å². The van der Waals surface area contributed by atoms with Crippen LogP contribution < -0.4 is 10.6 Å². The van der Waals surface area contributed by atoms with Crippen molar-refractivity contribution < 1.29 is 29.0 Å². The number of hydrogen-bond acceptors (Lipinski definition) is 6. The first-order valence-corrected chi connectivity index (χ1v) is 9.19. The van der Waals surface area contributed by atoms with Crippen LogP contribution in [0.2, 0.25) is 0 Å². The van der Waals surface area contributed by atoms with Crippen molar-refractivity contribution in [3.8, 4) is 0 Å². The van der Waals surface area contributed by atoms with Gasteiger partial charge in [-0.3, -0.25) is 9.59 Å². The van der Waals surface area contributed by atoms with Crippen LogP contribution >= 0.6 is 0 Å². The van der Waals surface area contributed by atoms with Gasteiger partial charge < -0.3 is 30.1 Å². The minimum Gasteiger partial charge on any atom is -0.480 e. The first-order valence-electron chi connectivity index (χ1n) is 9.19. The third-order valence-corrected chi connectivity index (χ3v) is 4.68. The minimum atomic E-state index is -0.994. The number of hydrogen-bond donors (Lipinski definition) is 3. The van der Waals surface area contributed by atoms with E-state index < -0.39 is 12.0 Å². The lowest BCUT2D eigenvalue weighted by Crippen LogP contribution is -2.51. The van der Waals surface area contributed by atoms with E-state index in [9.17, 15) is 14.4 Å². The van der Waals surface area contributed by atoms with Crippen molar-refractivity contribution in [2.45, 2.75) is 50.9 Å². The number of amides is 2. The summed E-state index contributed by atoms with van der Waals surface area (Å²) in [6, 6.07) is -0.615. The molecule has 2 rings (SSSR count). The highest BCUT2D eigenvalue weighted by Gasteiger charge is 2.27. The molecular formula is C17H29N3O6. The normalized spacial score (nSPS) is 20.6. The number of nitrogens with zero attached hydrogens (tertiary/aromatic N) is 1. The van der Waals surface area contributed by atoms with Crippen LogP contribution in [0.4, 0.5) is 0 Å². The molecule has 2 aliphatic heterocycles. The Kier molecular flexibility index (Phi) is 8.27. The average Bonchev–Trinajstić information content (AvgIpc) is 2.65. The van der Waals surface area contributed by atoms with Gasteiger partial charge in [0.1, 0.15) is 19.3 Å². The maximum absolute atomic E-state index is 12.4. The number of carbonyl (C=O) groups is 3. The molecule has 0 aromatic rings. The van der Waals surface area contributed by atoms with Gasteiger partial charge in [0, 0.05) is 13.1 Å². The summed E-state index contributed by atoms with van der Waals surface area (Å²) < 4.78 is 10.8. The van der Waals surface area contributed by atoms with Gasteiger partial charge in [-0.2, -0.15) is 0 Å². The van der Waals surface area contributed by atoms with Crippen LogP contribution in [-0.4, -0.2) is 85.4 Å². The lowest BCUT2D eigenvalue weighted by molar-refractivity contribution is -0.147. The van der Waals surface area contributed by atoms with E-state index >= 15 is 0 Å². The number of rotatable bonds is 8. The molecule has 148 valence electrons. The summed E-state index contributed by atoms with van der Waals surface area (Å²) in [5.74, 6) is -1.42. The monoisotopic (exact) mass is 371 g/mol. The predicted octanol–water partition coefficient (Wildman–Crippen LogP) is -0.648. The Balaban J connectivity index is 1.65. The van der Waals surface area contributed by atoms with E-state index in [1.807, 2.05) is 0 Å². The van der Waals surface area contributed by atoms with Crippen molar-refractivity contribution >= 4 is 17.8 Å². The van der Waals surface area contributed by atoms with Crippen molar-refractivity contribution in [1.82, 2.24) is 15.5 Å². The molecule has 0 aromatic carbocycles. The zero-order valence-electron chi connectivity index (χ0n) is 15.2. The van der Waals surface area contributed by atoms with Crippen LogP contribution in [0.5, 0.6) is 0 Å². The Labute approximate surface area is 153 Å². The molecule has 0 aliphatic carbocycles. The molecule has 0 spiro atoms.